The molecule has 2 heterocycles. The lowest BCUT2D eigenvalue weighted by atomic mass is 10.2. The summed E-state index contributed by atoms with van der Waals surface area (Å²) in [5.41, 5.74) is 0.256. The zero-order chi connectivity index (χ0) is 13.0. The number of aliphatic hydroxyl groups is 1. The summed E-state index contributed by atoms with van der Waals surface area (Å²) in [5.74, 6) is -0.344. The average molecular weight is 255 g/mol. The lowest BCUT2D eigenvalue weighted by Crippen LogP contribution is -2.43. The van der Waals surface area contributed by atoms with Gasteiger partial charge in [-0.3, -0.25) is 4.79 Å². The summed E-state index contributed by atoms with van der Waals surface area (Å²) in [6, 6.07) is 0.276. The van der Waals surface area contributed by atoms with Crippen LogP contribution in [0.25, 0.3) is 0 Å². The predicted molar refractivity (Wildman–Crippen MR) is 62.1 cm³/mol. The predicted octanol–water partition coefficient (Wildman–Crippen LogP) is -1.84. The van der Waals surface area contributed by atoms with Gasteiger partial charge in [-0.25, -0.2) is 4.68 Å². The summed E-state index contributed by atoms with van der Waals surface area (Å²) in [6.07, 6.45) is 0.897. The zero-order valence-corrected chi connectivity index (χ0v) is 10.2. The molecular formula is C10H17N5O3. The maximum Gasteiger partial charge on any atom is 0.273 e. The quantitative estimate of drug-likeness (QED) is 0.552. The third kappa shape index (κ3) is 3.03. The maximum absolute atomic E-state index is 11.7. The molecule has 0 aliphatic carbocycles. The van der Waals surface area contributed by atoms with E-state index in [1.807, 2.05) is 0 Å². The Labute approximate surface area is 104 Å². The number of hydrogen-bond donors (Lipinski definition) is 3. The molecule has 18 heavy (non-hydrogen) atoms. The lowest BCUT2D eigenvalue weighted by molar-refractivity contribution is 0.0608. The molecule has 1 aromatic rings. The molecule has 0 saturated carbocycles. The first-order valence-corrected chi connectivity index (χ1v) is 5.78. The molecule has 0 bridgehead atoms. The second-order valence-electron chi connectivity index (χ2n) is 4.22. The summed E-state index contributed by atoms with van der Waals surface area (Å²) in [6.45, 7) is 2.00. The van der Waals surface area contributed by atoms with E-state index >= 15 is 0 Å². The first kappa shape index (κ1) is 12.9. The molecule has 0 spiro atoms. The molecule has 8 heteroatoms. The summed E-state index contributed by atoms with van der Waals surface area (Å²) in [4.78, 5) is 11.7. The lowest BCUT2D eigenvalue weighted by Gasteiger charge is -2.26. The van der Waals surface area contributed by atoms with Crippen molar-refractivity contribution in [3.05, 3.63) is 11.9 Å². The normalized spacial score (nSPS) is 17.2. The minimum atomic E-state index is -0.718. The molecular weight excluding hydrogens is 238 g/mol. The van der Waals surface area contributed by atoms with Gasteiger partial charge in [-0.05, 0) is 0 Å². The fourth-order valence-corrected chi connectivity index (χ4v) is 1.57. The van der Waals surface area contributed by atoms with Crippen molar-refractivity contribution in [3.63, 3.8) is 0 Å². The number of nitrogens with zero attached hydrogens (tertiary/aromatic N) is 3. The Bertz CT molecular complexity index is 404. The molecule has 0 radical (unpaired) electrons. The van der Waals surface area contributed by atoms with Crippen LogP contribution in [0.2, 0.25) is 0 Å². The van der Waals surface area contributed by atoms with Gasteiger partial charge < -0.3 is 20.5 Å². The van der Waals surface area contributed by atoms with Gasteiger partial charge in [0.1, 0.15) is 0 Å². The van der Waals surface area contributed by atoms with Crippen LogP contribution in [0, 0.1) is 0 Å². The van der Waals surface area contributed by atoms with Gasteiger partial charge in [-0.15, -0.1) is 5.10 Å². The highest BCUT2D eigenvalue weighted by molar-refractivity contribution is 5.91. The van der Waals surface area contributed by atoms with Gasteiger partial charge in [0.15, 0.2) is 5.69 Å². The number of ether oxygens (including phenoxy) is 1. The molecule has 1 saturated heterocycles. The van der Waals surface area contributed by atoms with Crippen LogP contribution in [0.15, 0.2) is 6.20 Å². The molecule has 1 unspecified atom stereocenters. The van der Waals surface area contributed by atoms with Gasteiger partial charge in [0.25, 0.3) is 5.91 Å². The van der Waals surface area contributed by atoms with Crippen molar-refractivity contribution in [2.24, 2.45) is 0 Å². The second-order valence-corrected chi connectivity index (χ2v) is 4.22. The first-order chi connectivity index (χ1) is 8.70. The minimum Gasteiger partial charge on any atom is -0.389 e. The van der Waals surface area contributed by atoms with Gasteiger partial charge in [0.2, 0.25) is 0 Å². The van der Waals surface area contributed by atoms with E-state index in [0.717, 1.165) is 13.1 Å². The Morgan fingerprint density at radius 1 is 1.78 bits per heavy atom. The van der Waals surface area contributed by atoms with Crippen LogP contribution in [-0.4, -0.2) is 65.5 Å². The monoisotopic (exact) mass is 255 g/mol. The summed E-state index contributed by atoms with van der Waals surface area (Å²) in [5, 5.41) is 22.8. The van der Waals surface area contributed by atoms with Crippen molar-refractivity contribution in [1.29, 1.82) is 0 Å². The Morgan fingerprint density at radius 2 is 2.56 bits per heavy atom. The van der Waals surface area contributed by atoms with E-state index in [1.165, 1.54) is 7.11 Å². The molecule has 1 aliphatic heterocycles. The van der Waals surface area contributed by atoms with Gasteiger partial charge in [-0.2, -0.15) is 0 Å². The van der Waals surface area contributed by atoms with Crippen molar-refractivity contribution in [1.82, 2.24) is 25.6 Å². The van der Waals surface area contributed by atoms with E-state index < -0.39 is 6.10 Å². The number of carbonyl (C=O) groups is 1. The fraction of sp³-hybridized carbons (Fsp3) is 0.700. The number of nitrogens with one attached hydrogen (secondary N) is 2. The van der Waals surface area contributed by atoms with Crippen LogP contribution in [0.1, 0.15) is 16.5 Å². The Balaban J connectivity index is 1.82. The number of rotatable bonds is 6. The summed E-state index contributed by atoms with van der Waals surface area (Å²) < 4.78 is 6.44. The number of aliphatic hydroxyl groups excluding tert-OH is 1. The molecule has 1 atom stereocenters. The molecule has 1 aliphatic rings. The van der Waals surface area contributed by atoms with E-state index in [9.17, 15) is 9.90 Å². The largest absolute Gasteiger partial charge is 0.389 e. The van der Waals surface area contributed by atoms with E-state index in [2.05, 4.69) is 20.9 Å². The zero-order valence-electron chi connectivity index (χ0n) is 10.2. The molecule has 1 aromatic heterocycles. The molecule has 2 rings (SSSR count). The van der Waals surface area contributed by atoms with Gasteiger partial charge in [0.05, 0.1) is 24.9 Å². The van der Waals surface area contributed by atoms with Crippen molar-refractivity contribution < 1.29 is 14.6 Å². The summed E-state index contributed by atoms with van der Waals surface area (Å²) >= 11 is 0. The van der Waals surface area contributed by atoms with Gasteiger partial charge in [0, 0.05) is 26.7 Å². The third-order valence-corrected chi connectivity index (χ3v) is 2.73. The summed E-state index contributed by atoms with van der Waals surface area (Å²) in [7, 11) is 1.49. The first-order valence-electron chi connectivity index (χ1n) is 5.78. The maximum atomic E-state index is 11.7. The molecule has 8 nitrogen and oxygen atoms in total. The van der Waals surface area contributed by atoms with E-state index in [0.29, 0.717) is 0 Å². The molecule has 3 N–H and O–H groups in total. The van der Waals surface area contributed by atoms with Crippen LogP contribution in [0.5, 0.6) is 0 Å². The highest BCUT2D eigenvalue weighted by Crippen LogP contribution is 2.09. The van der Waals surface area contributed by atoms with Crippen LogP contribution < -0.4 is 10.6 Å². The molecule has 1 amide bonds. The van der Waals surface area contributed by atoms with Crippen molar-refractivity contribution in [2.75, 3.05) is 33.4 Å². The van der Waals surface area contributed by atoms with Crippen LogP contribution in [0.4, 0.5) is 0 Å². The van der Waals surface area contributed by atoms with Gasteiger partial charge >= 0.3 is 0 Å². The smallest absolute Gasteiger partial charge is 0.273 e. The van der Waals surface area contributed by atoms with Crippen molar-refractivity contribution >= 4 is 5.91 Å². The Kier molecular flexibility index (Phi) is 4.24. The minimum absolute atomic E-state index is 0.129. The van der Waals surface area contributed by atoms with E-state index in [-0.39, 0.29) is 30.8 Å². The standard InChI is InChI=1S/C10H17N5O3/c1-18-6-8(16)4-12-10(17)9-5-15(14-13-9)7-2-11-3-7/h5,7-8,11,16H,2-4,6H2,1H3,(H,12,17). The Hall–Kier alpha value is -1.51. The van der Waals surface area contributed by atoms with Crippen LogP contribution in [0.3, 0.4) is 0 Å². The molecule has 100 valence electrons. The molecule has 1 fully saturated rings. The van der Waals surface area contributed by atoms with Gasteiger partial charge in [-0.1, -0.05) is 5.21 Å². The number of amides is 1. The highest BCUT2D eigenvalue weighted by Gasteiger charge is 2.21. The highest BCUT2D eigenvalue weighted by atomic mass is 16.5. The topological polar surface area (TPSA) is 101 Å². The second kappa shape index (κ2) is 5.89. The number of hydrogen-bond acceptors (Lipinski definition) is 6. The molecule has 0 aromatic carbocycles. The van der Waals surface area contributed by atoms with Crippen LogP contribution >= 0.6 is 0 Å². The number of carbonyl (C=O) groups excluding carboxylic acids is 1. The third-order valence-electron chi connectivity index (χ3n) is 2.73. The fourth-order valence-electron chi connectivity index (χ4n) is 1.57. The SMILES string of the molecule is COCC(O)CNC(=O)c1cn(C2CNC2)nn1. The van der Waals surface area contributed by atoms with Crippen LogP contribution in [-0.2, 0) is 4.74 Å². The number of aromatic nitrogens is 3. The number of methoxy groups -OCH3 is 1. The van der Waals surface area contributed by atoms with E-state index in [4.69, 9.17) is 4.74 Å². The Morgan fingerprint density at radius 3 is 3.17 bits per heavy atom. The van der Waals surface area contributed by atoms with Crippen molar-refractivity contribution in [3.8, 4) is 0 Å². The van der Waals surface area contributed by atoms with E-state index in [1.54, 1.807) is 10.9 Å². The average Bonchev–Trinajstić information content (AvgIpc) is 2.73. The van der Waals surface area contributed by atoms with Crippen molar-refractivity contribution in [2.45, 2.75) is 12.1 Å².